The van der Waals surface area contributed by atoms with Crippen LogP contribution >= 0.6 is 23.4 Å². The molecular formula is C14H16BrN2O2P. The molecule has 0 aliphatic carbocycles. The summed E-state index contributed by atoms with van der Waals surface area (Å²) in [6, 6.07) is 12.9. The van der Waals surface area contributed by atoms with E-state index in [2.05, 4.69) is 26.0 Å². The van der Waals surface area contributed by atoms with Gasteiger partial charge in [0.1, 0.15) is 0 Å². The minimum absolute atomic E-state index is 0.378. The van der Waals surface area contributed by atoms with Gasteiger partial charge in [0.2, 0.25) is 0 Å². The van der Waals surface area contributed by atoms with Crippen LogP contribution in [0.15, 0.2) is 53.1 Å². The summed E-state index contributed by atoms with van der Waals surface area (Å²) in [7, 11) is -3.07. The topological polar surface area (TPSA) is 51.2 Å². The number of nitrogens with zero attached hydrogens (tertiary/aromatic N) is 1. The van der Waals surface area contributed by atoms with E-state index in [0.29, 0.717) is 18.5 Å². The van der Waals surface area contributed by atoms with Gasteiger partial charge in [-0.15, -0.1) is 0 Å². The summed E-state index contributed by atoms with van der Waals surface area (Å²) in [6.45, 7) is 2.60. The van der Waals surface area contributed by atoms with Gasteiger partial charge in [0.25, 0.3) is 7.52 Å². The summed E-state index contributed by atoms with van der Waals surface area (Å²) in [6.07, 6.45) is 1.71. The van der Waals surface area contributed by atoms with Gasteiger partial charge in [-0.05, 0) is 43.3 Å². The second-order valence-electron chi connectivity index (χ2n) is 4.10. The molecule has 106 valence electrons. The zero-order chi connectivity index (χ0) is 14.4. The van der Waals surface area contributed by atoms with Crippen LogP contribution in [-0.4, -0.2) is 11.6 Å². The van der Waals surface area contributed by atoms with Crippen molar-refractivity contribution >= 4 is 28.8 Å². The first-order valence-electron chi connectivity index (χ1n) is 6.30. The van der Waals surface area contributed by atoms with Gasteiger partial charge >= 0.3 is 0 Å². The average Bonchev–Trinajstić information content (AvgIpc) is 2.47. The van der Waals surface area contributed by atoms with Crippen molar-refractivity contribution in [3.8, 4) is 0 Å². The lowest BCUT2D eigenvalue weighted by atomic mass is 10.4. The van der Waals surface area contributed by atoms with Gasteiger partial charge in [0.15, 0.2) is 0 Å². The highest BCUT2D eigenvalue weighted by Crippen LogP contribution is 2.41. The lowest BCUT2D eigenvalue weighted by molar-refractivity contribution is 0.332. The van der Waals surface area contributed by atoms with Crippen LogP contribution < -0.4 is 10.4 Å². The molecule has 20 heavy (non-hydrogen) atoms. The SMILES string of the molecule is CCOP(=O)(NCc1ccccn1)c1ccc(Br)cc1. The predicted molar refractivity (Wildman–Crippen MR) is 84.1 cm³/mol. The molecule has 2 rings (SSSR count). The van der Waals surface area contributed by atoms with Crippen LogP contribution in [-0.2, 0) is 15.6 Å². The van der Waals surface area contributed by atoms with Gasteiger partial charge < -0.3 is 4.52 Å². The van der Waals surface area contributed by atoms with Crippen LogP contribution in [0.2, 0.25) is 0 Å². The van der Waals surface area contributed by atoms with Gasteiger partial charge in [-0.1, -0.05) is 22.0 Å². The van der Waals surface area contributed by atoms with Crippen LogP contribution in [0.5, 0.6) is 0 Å². The molecule has 0 spiro atoms. The number of benzene rings is 1. The van der Waals surface area contributed by atoms with Crippen LogP contribution in [0.1, 0.15) is 12.6 Å². The second kappa shape index (κ2) is 7.14. The fraction of sp³-hybridized carbons (Fsp3) is 0.214. The van der Waals surface area contributed by atoms with Crippen LogP contribution in [0.4, 0.5) is 0 Å². The lowest BCUT2D eigenvalue weighted by Crippen LogP contribution is -2.21. The number of pyridine rings is 1. The number of nitrogens with one attached hydrogen (secondary N) is 1. The fourth-order valence-electron chi connectivity index (χ4n) is 1.72. The predicted octanol–water partition coefficient (Wildman–Crippen LogP) is 3.49. The maximum absolute atomic E-state index is 12.9. The third kappa shape index (κ3) is 4.00. The van der Waals surface area contributed by atoms with Gasteiger partial charge in [-0.3, -0.25) is 9.55 Å². The molecule has 1 atom stereocenters. The Bertz CT molecular complexity index is 590. The molecule has 1 aromatic carbocycles. The number of hydrogen-bond donors (Lipinski definition) is 1. The van der Waals surface area contributed by atoms with E-state index in [-0.39, 0.29) is 0 Å². The van der Waals surface area contributed by atoms with E-state index in [1.807, 2.05) is 37.3 Å². The zero-order valence-electron chi connectivity index (χ0n) is 11.1. The molecule has 1 N–H and O–H groups in total. The van der Waals surface area contributed by atoms with Gasteiger partial charge in [0, 0.05) is 17.2 Å². The molecule has 1 unspecified atom stereocenters. The van der Waals surface area contributed by atoms with Crippen molar-refractivity contribution in [3.63, 3.8) is 0 Å². The average molecular weight is 355 g/mol. The molecule has 4 nitrogen and oxygen atoms in total. The number of hydrogen-bond acceptors (Lipinski definition) is 3. The summed E-state index contributed by atoms with van der Waals surface area (Å²) >= 11 is 3.37. The van der Waals surface area contributed by atoms with Crippen LogP contribution in [0, 0.1) is 0 Å². The van der Waals surface area contributed by atoms with E-state index in [4.69, 9.17) is 4.52 Å². The highest BCUT2D eigenvalue weighted by Gasteiger charge is 2.25. The van der Waals surface area contributed by atoms with Crippen molar-refractivity contribution in [2.45, 2.75) is 13.5 Å². The van der Waals surface area contributed by atoms with E-state index >= 15 is 0 Å². The summed E-state index contributed by atoms with van der Waals surface area (Å²) in [5, 5.41) is 3.66. The Kier molecular flexibility index (Phi) is 5.49. The summed E-state index contributed by atoms with van der Waals surface area (Å²) in [4.78, 5) is 4.20. The molecule has 0 amide bonds. The largest absolute Gasteiger partial charge is 0.315 e. The van der Waals surface area contributed by atoms with Gasteiger partial charge in [0.05, 0.1) is 17.6 Å². The quantitative estimate of drug-likeness (QED) is 0.806. The third-order valence-electron chi connectivity index (χ3n) is 2.67. The standard InChI is InChI=1S/C14H16BrN2O2P/c1-2-19-20(18,14-8-6-12(15)7-9-14)17-11-13-5-3-4-10-16-13/h3-10H,2,11H2,1H3,(H,17,18). The van der Waals surface area contributed by atoms with Crippen LogP contribution in [0.25, 0.3) is 0 Å². The Balaban J connectivity index is 2.17. The van der Waals surface area contributed by atoms with Crippen molar-refractivity contribution in [1.82, 2.24) is 10.1 Å². The van der Waals surface area contributed by atoms with E-state index in [0.717, 1.165) is 10.2 Å². The Labute approximate surface area is 127 Å². The Morgan fingerprint density at radius 2 is 2.00 bits per heavy atom. The molecule has 6 heteroatoms. The Morgan fingerprint density at radius 3 is 2.60 bits per heavy atom. The molecule has 1 aromatic heterocycles. The highest BCUT2D eigenvalue weighted by molar-refractivity contribution is 9.10. The first-order valence-corrected chi connectivity index (χ1v) is 8.71. The number of halogens is 1. The minimum Gasteiger partial charge on any atom is -0.315 e. The van der Waals surface area contributed by atoms with E-state index in [9.17, 15) is 4.57 Å². The molecule has 0 saturated carbocycles. The van der Waals surface area contributed by atoms with Crippen molar-refractivity contribution in [3.05, 3.63) is 58.8 Å². The molecule has 1 heterocycles. The molecule has 0 bridgehead atoms. The Morgan fingerprint density at radius 1 is 1.25 bits per heavy atom. The van der Waals surface area contributed by atoms with Crippen molar-refractivity contribution in [1.29, 1.82) is 0 Å². The highest BCUT2D eigenvalue weighted by atomic mass is 79.9. The second-order valence-corrected chi connectivity index (χ2v) is 7.21. The summed E-state index contributed by atoms with van der Waals surface area (Å²) in [5.74, 6) is 0. The molecule has 2 aromatic rings. The molecule has 0 aliphatic rings. The third-order valence-corrected chi connectivity index (χ3v) is 5.37. The molecular weight excluding hydrogens is 339 g/mol. The van der Waals surface area contributed by atoms with Gasteiger partial charge in [-0.2, -0.15) is 0 Å². The van der Waals surface area contributed by atoms with E-state index < -0.39 is 7.52 Å². The maximum Gasteiger partial charge on any atom is 0.300 e. The first-order chi connectivity index (χ1) is 9.64. The number of aromatic nitrogens is 1. The molecule has 0 fully saturated rings. The zero-order valence-corrected chi connectivity index (χ0v) is 13.6. The monoisotopic (exact) mass is 354 g/mol. The van der Waals surface area contributed by atoms with Gasteiger partial charge in [-0.25, -0.2) is 5.09 Å². The van der Waals surface area contributed by atoms with E-state index in [1.165, 1.54) is 0 Å². The minimum atomic E-state index is -3.07. The lowest BCUT2D eigenvalue weighted by Gasteiger charge is -2.19. The van der Waals surface area contributed by atoms with Crippen molar-refractivity contribution < 1.29 is 9.09 Å². The summed E-state index contributed by atoms with van der Waals surface area (Å²) in [5.41, 5.74) is 0.824. The first kappa shape index (κ1) is 15.4. The molecule has 0 aliphatic heterocycles. The summed E-state index contributed by atoms with van der Waals surface area (Å²) < 4.78 is 19.3. The van der Waals surface area contributed by atoms with Crippen LogP contribution in [0.3, 0.4) is 0 Å². The fourth-order valence-corrected chi connectivity index (χ4v) is 3.68. The number of rotatable bonds is 6. The normalized spacial score (nSPS) is 13.9. The van der Waals surface area contributed by atoms with Crippen molar-refractivity contribution in [2.75, 3.05) is 6.61 Å². The Hall–Kier alpha value is -1.000. The van der Waals surface area contributed by atoms with E-state index in [1.54, 1.807) is 18.3 Å². The van der Waals surface area contributed by atoms with Crippen molar-refractivity contribution in [2.24, 2.45) is 0 Å². The maximum atomic E-state index is 12.9. The molecule has 0 radical (unpaired) electrons. The smallest absolute Gasteiger partial charge is 0.300 e. The molecule has 0 saturated heterocycles.